The van der Waals surface area contributed by atoms with E-state index in [9.17, 15) is 4.79 Å². The molecule has 2 atom stereocenters. The highest BCUT2D eigenvalue weighted by atomic mass is 16.4. The zero-order chi connectivity index (χ0) is 13.0. The lowest BCUT2D eigenvalue weighted by Crippen LogP contribution is -2.43. The van der Waals surface area contributed by atoms with Gasteiger partial charge in [-0.2, -0.15) is 0 Å². The molecule has 17 heavy (non-hydrogen) atoms. The van der Waals surface area contributed by atoms with Crippen LogP contribution in [0.25, 0.3) is 0 Å². The number of carbonyl (C=O) groups is 1. The number of rotatable bonds is 4. The van der Waals surface area contributed by atoms with Crippen molar-refractivity contribution >= 4 is 5.97 Å². The molecule has 1 saturated heterocycles. The minimum atomic E-state index is -0.725. The highest BCUT2D eigenvalue weighted by Gasteiger charge is 2.26. The maximum atomic E-state index is 11.0. The second-order valence-electron chi connectivity index (χ2n) is 5.39. The molecular weight excluding hydrogens is 216 g/mol. The molecule has 0 aliphatic carbocycles. The number of hydrogen-bond acceptors (Lipinski definition) is 3. The summed E-state index contributed by atoms with van der Waals surface area (Å²) >= 11 is 0. The number of hydrogen-bond donors (Lipinski definition) is 1. The van der Waals surface area contributed by atoms with Crippen molar-refractivity contribution in [2.75, 3.05) is 20.1 Å². The standard InChI is InChI=1S/C13H26N2O2/c1-10(2)15-8-5-6-12(7-9-15)14(4)11(3)13(16)17/h10-12H,5-9H2,1-4H3,(H,16,17). The van der Waals surface area contributed by atoms with Crippen LogP contribution in [0.15, 0.2) is 0 Å². The van der Waals surface area contributed by atoms with Crippen LogP contribution in [0.1, 0.15) is 40.0 Å². The SMILES string of the molecule is CC(C)N1CCCC(N(C)C(C)C(=O)O)CC1. The molecule has 4 nitrogen and oxygen atoms in total. The molecule has 4 heteroatoms. The Labute approximate surface area is 105 Å². The predicted octanol–water partition coefficient (Wildman–Crippen LogP) is 1.65. The lowest BCUT2D eigenvalue weighted by atomic mass is 10.1. The average molecular weight is 242 g/mol. The van der Waals surface area contributed by atoms with E-state index in [0.717, 1.165) is 25.9 Å². The van der Waals surface area contributed by atoms with E-state index in [1.54, 1.807) is 6.92 Å². The largest absolute Gasteiger partial charge is 0.480 e. The Morgan fingerprint density at radius 2 is 1.94 bits per heavy atom. The second-order valence-corrected chi connectivity index (χ2v) is 5.39. The topological polar surface area (TPSA) is 43.8 Å². The van der Waals surface area contributed by atoms with Crippen molar-refractivity contribution < 1.29 is 9.90 Å². The molecule has 1 heterocycles. The minimum Gasteiger partial charge on any atom is -0.480 e. The van der Waals surface area contributed by atoms with Gasteiger partial charge >= 0.3 is 5.97 Å². The second kappa shape index (κ2) is 6.36. The van der Waals surface area contributed by atoms with Crippen molar-refractivity contribution in [3.05, 3.63) is 0 Å². The summed E-state index contributed by atoms with van der Waals surface area (Å²) in [6, 6.07) is 0.617. The maximum Gasteiger partial charge on any atom is 0.320 e. The monoisotopic (exact) mass is 242 g/mol. The smallest absolute Gasteiger partial charge is 0.320 e. The van der Waals surface area contributed by atoms with E-state index < -0.39 is 5.97 Å². The van der Waals surface area contributed by atoms with Crippen molar-refractivity contribution in [1.82, 2.24) is 9.80 Å². The summed E-state index contributed by atoms with van der Waals surface area (Å²) < 4.78 is 0. The van der Waals surface area contributed by atoms with Crippen LogP contribution >= 0.6 is 0 Å². The first-order valence-electron chi connectivity index (χ1n) is 6.62. The van der Waals surface area contributed by atoms with Crippen LogP contribution < -0.4 is 0 Å². The Balaban J connectivity index is 2.53. The van der Waals surface area contributed by atoms with Gasteiger partial charge in [0, 0.05) is 12.1 Å². The third-order valence-electron chi connectivity index (χ3n) is 4.01. The van der Waals surface area contributed by atoms with Gasteiger partial charge in [-0.25, -0.2) is 0 Å². The Hall–Kier alpha value is -0.610. The molecule has 1 N–H and O–H groups in total. The van der Waals surface area contributed by atoms with E-state index in [-0.39, 0.29) is 6.04 Å². The molecule has 0 amide bonds. The van der Waals surface area contributed by atoms with Crippen molar-refractivity contribution in [1.29, 1.82) is 0 Å². The van der Waals surface area contributed by atoms with E-state index in [1.165, 1.54) is 6.42 Å². The highest BCUT2D eigenvalue weighted by Crippen LogP contribution is 2.19. The maximum absolute atomic E-state index is 11.0. The molecule has 0 radical (unpaired) electrons. The van der Waals surface area contributed by atoms with Gasteiger partial charge in [-0.15, -0.1) is 0 Å². The third-order valence-corrected chi connectivity index (χ3v) is 4.01. The molecule has 0 aromatic rings. The summed E-state index contributed by atoms with van der Waals surface area (Å²) in [5.74, 6) is -0.725. The van der Waals surface area contributed by atoms with Crippen molar-refractivity contribution in [3.63, 3.8) is 0 Å². The lowest BCUT2D eigenvalue weighted by Gasteiger charge is -2.30. The quantitative estimate of drug-likeness (QED) is 0.814. The summed E-state index contributed by atoms with van der Waals surface area (Å²) in [6.45, 7) is 8.45. The molecule has 1 aliphatic rings. The Bertz CT molecular complexity index is 256. The summed E-state index contributed by atoms with van der Waals surface area (Å²) in [6.07, 6.45) is 3.35. The van der Waals surface area contributed by atoms with Gasteiger partial charge in [0.05, 0.1) is 0 Å². The van der Waals surface area contributed by atoms with E-state index in [0.29, 0.717) is 12.1 Å². The number of aliphatic carboxylic acids is 1. The van der Waals surface area contributed by atoms with Crippen LogP contribution in [-0.4, -0.2) is 59.1 Å². The molecule has 100 valence electrons. The van der Waals surface area contributed by atoms with Gasteiger partial charge in [0.2, 0.25) is 0 Å². The van der Waals surface area contributed by atoms with Gasteiger partial charge in [-0.05, 0) is 60.2 Å². The third kappa shape index (κ3) is 3.96. The molecule has 0 aromatic carbocycles. The summed E-state index contributed by atoms with van der Waals surface area (Å²) in [5, 5.41) is 9.04. The van der Waals surface area contributed by atoms with Crippen LogP contribution in [0.5, 0.6) is 0 Å². The van der Waals surface area contributed by atoms with Crippen LogP contribution in [0.3, 0.4) is 0 Å². The van der Waals surface area contributed by atoms with E-state index in [4.69, 9.17) is 5.11 Å². The first-order valence-corrected chi connectivity index (χ1v) is 6.62. The first kappa shape index (κ1) is 14.5. The molecular formula is C13H26N2O2. The van der Waals surface area contributed by atoms with Gasteiger partial charge in [0.1, 0.15) is 6.04 Å². The summed E-state index contributed by atoms with van der Waals surface area (Å²) in [4.78, 5) is 15.5. The predicted molar refractivity (Wildman–Crippen MR) is 69.2 cm³/mol. The molecule has 1 rings (SSSR count). The van der Waals surface area contributed by atoms with Gasteiger partial charge < -0.3 is 10.0 Å². The van der Waals surface area contributed by atoms with Crippen molar-refractivity contribution in [2.24, 2.45) is 0 Å². The fourth-order valence-electron chi connectivity index (χ4n) is 2.52. The van der Waals surface area contributed by atoms with Gasteiger partial charge in [0.15, 0.2) is 0 Å². The molecule has 1 aliphatic heterocycles. The molecule has 0 aromatic heterocycles. The fourth-order valence-corrected chi connectivity index (χ4v) is 2.52. The summed E-state index contributed by atoms with van der Waals surface area (Å²) in [7, 11) is 1.94. The first-order chi connectivity index (χ1) is 7.93. The minimum absolute atomic E-state index is 0.384. The Kier molecular flexibility index (Phi) is 5.40. The van der Waals surface area contributed by atoms with Crippen LogP contribution in [0.2, 0.25) is 0 Å². The van der Waals surface area contributed by atoms with E-state index in [1.807, 2.05) is 11.9 Å². The molecule has 0 spiro atoms. The molecule has 1 fully saturated rings. The number of likely N-dealkylation sites (tertiary alicyclic amines) is 1. The van der Waals surface area contributed by atoms with E-state index >= 15 is 0 Å². The van der Waals surface area contributed by atoms with Crippen LogP contribution in [0, 0.1) is 0 Å². The average Bonchev–Trinajstić information content (AvgIpc) is 2.52. The fraction of sp³-hybridized carbons (Fsp3) is 0.923. The van der Waals surface area contributed by atoms with Crippen LogP contribution in [0.4, 0.5) is 0 Å². The summed E-state index contributed by atoms with van der Waals surface area (Å²) in [5.41, 5.74) is 0. The van der Waals surface area contributed by atoms with Crippen molar-refractivity contribution in [3.8, 4) is 0 Å². The van der Waals surface area contributed by atoms with Gasteiger partial charge in [-0.1, -0.05) is 0 Å². The van der Waals surface area contributed by atoms with Gasteiger partial charge in [-0.3, -0.25) is 9.69 Å². The lowest BCUT2D eigenvalue weighted by molar-refractivity contribution is -0.143. The highest BCUT2D eigenvalue weighted by molar-refractivity contribution is 5.72. The Morgan fingerprint density at radius 1 is 1.29 bits per heavy atom. The number of carboxylic acids is 1. The van der Waals surface area contributed by atoms with E-state index in [2.05, 4.69) is 18.7 Å². The number of likely N-dealkylation sites (N-methyl/N-ethyl adjacent to an activating group) is 1. The zero-order valence-corrected chi connectivity index (χ0v) is 11.5. The van der Waals surface area contributed by atoms with Crippen molar-refractivity contribution in [2.45, 2.75) is 58.2 Å². The number of carboxylic acid groups (broad SMARTS) is 1. The molecule has 0 saturated carbocycles. The van der Waals surface area contributed by atoms with Gasteiger partial charge in [0.25, 0.3) is 0 Å². The molecule has 0 bridgehead atoms. The zero-order valence-electron chi connectivity index (χ0n) is 11.5. The normalized spacial score (nSPS) is 24.9. The Morgan fingerprint density at radius 3 is 2.47 bits per heavy atom. The molecule has 2 unspecified atom stereocenters. The number of nitrogens with zero attached hydrogens (tertiary/aromatic N) is 2. The van der Waals surface area contributed by atoms with Crippen LogP contribution in [-0.2, 0) is 4.79 Å².